The number of hydrogen-bond donors (Lipinski definition) is 0. The van der Waals surface area contributed by atoms with Crippen LogP contribution in [-0.2, 0) is 16.2 Å². The van der Waals surface area contributed by atoms with Crippen LogP contribution in [0.4, 0.5) is 17.1 Å². The first-order valence-corrected chi connectivity index (χ1v) is 23.3. The molecular formula is C63H47NO2. The summed E-state index contributed by atoms with van der Waals surface area (Å²) in [6.45, 7) is 14.1. The Balaban J connectivity index is 1.00. The van der Waals surface area contributed by atoms with Crippen molar-refractivity contribution in [2.24, 2.45) is 0 Å². The van der Waals surface area contributed by atoms with E-state index in [9.17, 15) is 0 Å². The Hall–Kier alpha value is -7.62. The van der Waals surface area contributed by atoms with E-state index in [-0.39, 0.29) is 16.2 Å². The lowest BCUT2D eigenvalue weighted by molar-refractivity contribution is 0.659. The zero-order valence-electron chi connectivity index (χ0n) is 38.0. The SMILES string of the molecule is CC1(C)c2ccccc2-c2ccc(-c3c4oc5ccc(N(c6ccc7c(c6)C(C)(C)c6ccccc6-7)c6ccc7c(c6)C(C)(C)c6ccccc6-7)cc5c4cc4oc5ccccc5c34)cc21. The van der Waals surface area contributed by atoms with Gasteiger partial charge in [0, 0.05) is 60.4 Å². The van der Waals surface area contributed by atoms with Gasteiger partial charge in [0.2, 0.25) is 0 Å². The molecule has 316 valence electrons. The minimum absolute atomic E-state index is 0.148. The van der Waals surface area contributed by atoms with Crippen LogP contribution >= 0.6 is 0 Å². The van der Waals surface area contributed by atoms with E-state index in [0.717, 1.165) is 72.1 Å². The highest BCUT2D eigenvalue weighted by molar-refractivity contribution is 6.24. The maximum absolute atomic E-state index is 7.13. The second-order valence-electron chi connectivity index (χ2n) is 20.4. The van der Waals surface area contributed by atoms with Crippen LogP contribution in [0.25, 0.3) is 88.4 Å². The van der Waals surface area contributed by atoms with Crippen molar-refractivity contribution in [1.82, 2.24) is 0 Å². The second kappa shape index (κ2) is 12.8. The third kappa shape index (κ3) is 4.87. The molecule has 0 bridgehead atoms. The summed E-state index contributed by atoms with van der Waals surface area (Å²) in [6, 6.07) is 65.2. The fourth-order valence-electron chi connectivity index (χ4n) is 12.5. The molecule has 2 heterocycles. The van der Waals surface area contributed by atoms with Crippen molar-refractivity contribution in [3.8, 4) is 44.5 Å². The molecule has 66 heavy (non-hydrogen) atoms. The van der Waals surface area contributed by atoms with Crippen LogP contribution in [0.15, 0.2) is 185 Å². The molecule has 9 aromatic carbocycles. The van der Waals surface area contributed by atoms with Crippen molar-refractivity contribution in [3.63, 3.8) is 0 Å². The molecule has 0 amide bonds. The van der Waals surface area contributed by atoms with Crippen LogP contribution in [0.2, 0.25) is 0 Å². The molecule has 0 saturated carbocycles. The topological polar surface area (TPSA) is 29.5 Å². The Bertz CT molecular complexity index is 3820. The van der Waals surface area contributed by atoms with E-state index in [4.69, 9.17) is 8.83 Å². The Morgan fingerprint density at radius 1 is 0.333 bits per heavy atom. The van der Waals surface area contributed by atoms with Crippen LogP contribution in [0.5, 0.6) is 0 Å². The van der Waals surface area contributed by atoms with Gasteiger partial charge in [-0.1, -0.05) is 157 Å². The molecule has 3 aliphatic rings. The summed E-state index contributed by atoms with van der Waals surface area (Å²) < 4.78 is 13.9. The van der Waals surface area contributed by atoms with Gasteiger partial charge in [-0.15, -0.1) is 0 Å². The Morgan fingerprint density at radius 3 is 1.38 bits per heavy atom. The number of nitrogens with zero attached hydrogens (tertiary/aromatic N) is 1. The molecule has 3 aliphatic carbocycles. The minimum Gasteiger partial charge on any atom is -0.456 e. The monoisotopic (exact) mass is 849 g/mol. The molecule has 11 aromatic rings. The predicted molar refractivity (Wildman–Crippen MR) is 274 cm³/mol. The van der Waals surface area contributed by atoms with E-state index in [1.54, 1.807) is 0 Å². The molecule has 0 unspecified atom stereocenters. The highest BCUT2D eigenvalue weighted by atomic mass is 16.3. The van der Waals surface area contributed by atoms with Crippen molar-refractivity contribution in [2.75, 3.05) is 4.90 Å². The van der Waals surface area contributed by atoms with Gasteiger partial charge in [-0.05, 0) is 133 Å². The second-order valence-corrected chi connectivity index (χ2v) is 20.4. The molecule has 0 aliphatic heterocycles. The maximum Gasteiger partial charge on any atom is 0.144 e. The number of para-hydroxylation sites is 1. The average molecular weight is 850 g/mol. The van der Waals surface area contributed by atoms with Gasteiger partial charge < -0.3 is 13.7 Å². The molecule has 0 atom stereocenters. The normalized spacial score (nSPS) is 15.5. The summed E-state index contributed by atoms with van der Waals surface area (Å²) in [6.07, 6.45) is 0. The molecule has 0 radical (unpaired) electrons. The number of fused-ring (bicyclic) bond motifs is 15. The highest BCUT2D eigenvalue weighted by Gasteiger charge is 2.39. The number of furan rings is 2. The molecule has 0 spiro atoms. The van der Waals surface area contributed by atoms with Gasteiger partial charge in [-0.3, -0.25) is 0 Å². The lowest BCUT2D eigenvalue weighted by atomic mass is 9.81. The van der Waals surface area contributed by atoms with E-state index < -0.39 is 0 Å². The first-order valence-electron chi connectivity index (χ1n) is 23.3. The van der Waals surface area contributed by atoms with Gasteiger partial charge in [0.15, 0.2) is 0 Å². The quantitative estimate of drug-likeness (QED) is 0.177. The summed E-state index contributed by atoms with van der Waals surface area (Å²) in [5, 5.41) is 4.25. The number of benzene rings is 9. The Kier molecular flexibility index (Phi) is 7.32. The van der Waals surface area contributed by atoms with Gasteiger partial charge in [-0.25, -0.2) is 0 Å². The summed E-state index contributed by atoms with van der Waals surface area (Å²) in [7, 11) is 0. The predicted octanol–water partition coefficient (Wildman–Crippen LogP) is 17.5. The zero-order valence-corrected chi connectivity index (χ0v) is 38.0. The smallest absolute Gasteiger partial charge is 0.144 e. The van der Waals surface area contributed by atoms with Gasteiger partial charge in [0.25, 0.3) is 0 Å². The standard InChI is InChI=1S/C63H47NO2/c1-61(2)49-19-11-7-15-40(49)43-27-23-36(31-52(43)61)58-59-46-18-10-14-22-55(46)65-57(59)35-48-47-32-37(26-30-56(47)66-60(48)58)64(38-24-28-44-41-16-8-12-20-50(41)62(3,4)53(44)33-38)39-25-29-45-42-17-9-13-21-51(42)63(5,6)54(45)34-39/h7-35H,1-6H3. The summed E-state index contributed by atoms with van der Waals surface area (Å²) in [5.41, 5.74) is 24.5. The van der Waals surface area contributed by atoms with Gasteiger partial charge in [0.1, 0.15) is 22.3 Å². The highest BCUT2D eigenvalue weighted by Crippen LogP contribution is 2.55. The van der Waals surface area contributed by atoms with E-state index in [1.165, 1.54) is 66.8 Å². The van der Waals surface area contributed by atoms with Crippen LogP contribution in [0.3, 0.4) is 0 Å². The van der Waals surface area contributed by atoms with Crippen LogP contribution < -0.4 is 4.90 Å². The van der Waals surface area contributed by atoms with Crippen LogP contribution in [0, 0.1) is 0 Å². The maximum atomic E-state index is 7.13. The molecular weight excluding hydrogens is 803 g/mol. The lowest BCUT2D eigenvalue weighted by Crippen LogP contribution is -2.18. The third-order valence-corrected chi connectivity index (χ3v) is 15.9. The number of hydrogen-bond acceptors (Lipinski definition) is 3. The molecule has 0 fully saturated rings. The molecule has 0 N–H and O–H groups in total. The van der Waals surface area contributed by atoms with Crippen molar-refractivity contribution in [3.05, 3.63) is 209 Å². The Morgan fingerprint density at radius 2 is 0.788 bits per heavy atom. The molecule has 3 nitrogen and oxygen atoms in total. The largest absolute Gasteiger partial charge is 0.456 e. The van der Waals surface area contributed by atoms with E-state index >= 15 is 0 Å². The molecule has 3 heteroatoms. The van der Waals surface area contributed by atoms with E-state index in [0.29, 0.717) is 0 Å². The first kappa shape index (κ1) is 37.7. The van der Waals surface area contributed by atoms with Crippen molar-refractivity contribution in [2.45, 2.75) is 57.8 Å². The van der Waals surface area contributed by atoms with Gasteiger partial charge >= 0.3 is 0 Å². The summed E-state index contributed by atoms with van der Waals surface area (Å²) in [5.74, 6) is 0. The lowest BCUT2D eigenvalue weighted by Gasteiger charge is -2.29. The Labute approximate surface area is 384 Å². The zero-order chi connectivity index (χ0) is 44.4. The fourth-order valence-corrected chi connectivity index (χ4v) is 12.5. The molecule has 14 rings (SSSR count). The first-order chi connectivity index (χ1) is 32.0. The number of anilines is 3. The van der Waals surface area contributed by atoms with Gasteiger partial charge in [-0.2, -0.15) is 0 Å². The minimum atomic E-state index is -0.149. The van der Waals surface area contributed by atoms with E-state index in [2.05, 4.69) is 222 Å². The summed E-state index contributed by atoms with van der Waals surface area (Å²) >= 11 is 0. The average Bonchev–Trinajstić information content (AvgIpc) is 4.07. The van der Waals surface area contributed by atoms with E-state index in [1.807, 2.05) is 0 Å². The third-order valence-electron chi connectivity index (χ3n) is 15.9. The fraction of sp³-hybridized carbons (Fsp3) is 0.143. The van der Waals surface area contributed by atoms with Crippen molar-refractivity contribution < 1.29 is 8.83 Å². The van der Waals surface area contributed by atoms with Gasteiger partial charge in [0.05, 0.1) is 0 Å². The van der Waals surface area contributed by atoms with Crippen LogP contribution in [-0.4, -0.2) is 0 Å². The summed E-state index contributed by atoms with van der Waals surface area (Å²) in [4.78, 5) is 2.46. The molecule has 2 aromatic heterocycles. The number of rotatable bonds is 4. The van der Waals surface area contributed by atoms with Crippen molar-refractivity contribution in [1.29, 1.82) is 0 Å². The van der Waals surface area contributed by atoms with Crippen LogP contribution in [0.1, 0.15) is 74.9 Å². The van der Waals surface area contributed by atoms with Crippen molar-refractivity contribution >= 4 is 60.9 Å². The molecule has 0 saturated heterocycles.